The number of amides is 2. The van der Waals surface area contributed by atoms with E-state index in [0.29, 0.717) is 10.4 Å². The van der Waals surface area contributed by atoms with Gasteiger partial charge in [-0.15, -0.1) is 11.3 Å². The van der Waals surface area contributed by atoms with Gasteiger partial charge in [-0.25, -0.2) is 0 Å². The van der Waals surface area contributed by atoms with Gasteiger partial charge in [-0.1, -0.05) is 18.2 Å². The predicted molar refractivity (Wildman–Crippen MR) is 90.9 cm³/mol. The number of hydrogen-bond acceptors (Lipinski definition) is 4. The number of carbonyl (C=O) groups is 2. The first-order valence-electron chi connectivity index (χ1n) is 7.61. The van der Waals surface area contributed by atoms with Crippen molar-refractivity contribution in [2.24, 2.45) is 0 Å². The first kappa shape index (κ1) is 18.9. The maximum Gasteiger partial charge on any atom is 0.387 e. The van der Waals surface area contributed by atoms with Crippen LogP contribution in [0.4, 0.5) is 8.78 Å². The average Bonchev–Trinajstić information content (AvgIpc) is 3.09. The maximum atomic E-state index is 12.2. The topological polar surface area (TPSA) is 67.4 Å². The Bertz CT molecular complexity index is 708. The lowest BCUT2D eigenvalue weighted by atomic mass is 10.1. The van der Waals surface area contributed by atoms with Gasteiger partial charge in [-0.3, -0.25) is 9.59 Å². The summed E-state index contributed by atoms with van der Waals surface area (Å²) in [4.78, 5) is 24.3. The van der Waals surface area contributed by atoms with Crippen LogP contribution in [0.1, 0.15) is 34.6 Å². The lowest BCUT2D eigenvalue weighted by molar-refractivity contribution is -0.121. The maximum absolute atomic E-state index is 12.2. The Kier molecular flexibility index (Phi) is 6.88. The smallest absolute Gasteiger partial charge is 0.387 e. The molecule has 8 heteroatoms. The highest BCUT2D eigenvalue weighted by atomic mass is 32.1. The molecule has 2 aromatic rings. The molecule has 0 saturated heterocycles. The second kappa shape index (κ2) is 9.12. The third-order valence-corrected chi connectivity index (χ3v) is 4.21. The van der Waals surface area contributed by atoms with Crippen molar-refractivity contribution in [3.8, 4) is 5.75 Å². The van der Waals surface area contributed by atoms with Crippen LogP contribution in [0.15, 0.2) is 41.8 Å². The van der Waals surface area contributed by atoms with Crippen LogP contribution in [-0.4, -0.2) is 25.0 Å². The summed E-state index contributed by atoms with van der Waals surface area (Å²) in [5.74, 6) is -0.427. The summed E-state index contributed by atoms with van der Waals surface area (Å²) in [6.07, 6.45) is 0.120. The molecular formula is C17H18F2N2O3S. The molecule has 0 bridgehead atoms. The van der Waals surface area contributed by atoms with Crippen molar-refractivity contribution in [2.45, 2.75) is 26.0 Å². The van der Waals surface area contributed by atoms with E-state index in [9.17, 15) is 18.4 Å². The molecule has 2 rings (SSSR count). The van der Waals surface area contributed by atoms with Crippen LogP contribution in [0.3, 0.4) is 0 Å². The van der Waals surface area contributed by atoms with Gasteiger partial charge < -0.3 is 15.4 Å². The lowest BCUT2D eigenvalue weighted by Crippen LogP contribution is -2.31. The standard InChI is InChI=1S/C17H18F2N2O3S/c1-11(12-4-2-5-13(10-12)24-17(18)19)21-15(22)7-8-20-16(23)14-6-3-9-25-14/h2-6,9-11,17H,7-8H2,1H3,(H,20,23)(H,21,22). The first-order chi connectivity index (χ1) is 12.0. The number of carbonyl (C=O) groups excluding carboxylic acids is 2. The molecule has 2 N–H and O–H groups in total. The minimum absolute atomic E-state index is 0.0387. The summed E-state index contributed by atoms with van der Waals surface area (Å²) >= 11 is 1.33. The first-order valence-corrected chi connectivity index (χ1v) is 8.49. The Labute approximate surface area is 148 Å². The van der Waals surface area contributed by atoms with Crippen LogP contribution in [0.5, 0.6) is 5.75 Å². The van der Waals surface area contributed by atoms with Crippen molar-refractivity contribution >= 4 is 23.2 Å². The third kappa shape index (κ3) is 6.15. The van der Waals surface area contributed by atoms with E-state index in [1.54, 1.807) is 36.6 Å². The molecule has 2 amide bonds. The van der Waals surface area contributed by atoms with Gasteiger partial charge in [-0.05, 0) is 36.1 Å². The van der Waals surface area contributed by atoms with E-state index in [0.717, 1.165) is 0 Å². The summed E-state index contributed by atoms with van der Waals surface area (Å²) in [5, 5.41) is 7.22. The highest BCUT2D eigenvalue weighted by molar-refractivity contribution is 7.12. The molecular weight excluding hydrogens is 350 g/mol. The Morgan fingerprint density at radius 1 is 1.24 bits per heavy atom. The number of ether oxygens (including phenoxy) is 1. The van der Waals surface area contributed by atoms with Crippen LogP contribution in [0.2, 0.25) is 0 Å². The molecule has 1 atom stereocenters. The Balaban J connectivity index is 1.78. The Morgan fingerprint density at radius 3 is 2.72 bits per heavy atom. The van der Waals surface area contributed by atoms with Crippen LogP contribution < -0.4 is 15.4 Å². The molecule has 25 heavy (non-hydrogen) atoms. The third-order valence-electron chi connectivity index (χ3n) is 3.34. The molecule has 0 aliphatic rings. The zero-order valence-corrected chi connectivity index (χ0v) is 14.3. The highest BCUT2D eigenvalue weighted by Crippen LogP contribution is 2.20. The van der Waals surface area contributed by atoms with Gasteiger partial charge in [0, 0.05) is 13.0 Å². The SMILES string of the molecule is CC(NC(=O)CCNC(=O)c1cccs1)c1cccc(OC(F)F)c1. The number of rotatable bonds is 8. The quantitative estimate of drug-likeness (QED) is 0.751. The Hall–Kier alpha value is -2.48. The van der Waals surface area contributed by atoms with E-state index in [4.69, 9.17) is 0 Å². The van der Waals surface area contributed by atoms with E-state index < -0.39 is 6.61 Å². The van der Waals surface area contributed by atoms with Crippen molar-refractivity contribution in [3.63, 3.8) is 0 Å². The van der Waals surface area contributed by atoms with Crippen LogP contribution in [0, 0.1) is 0 Å². The van der Waals surface area contributed by atoms with Crippen LogP contribution in [0.25, 0.3) is 0 Å². The van der Waals surface area contributed by atoms with Crippen molar-refractivity contribution in [2.75, 3.05) is 6.54 Å². The normalized spacial score (nSPS) is 11.8. The molecule has 0 saturated carbocycles. The molecule has 1 aromatic carbocycles. The van der Waals surface area contributed by atoms with Gasteiger partial charge in [0.1, 0.15) is 5.75 Å². The second-order valence-corrected chi connectivity index (χ2v) is 6.17. The molecule has 1 unspecified atom stereocenters. The van der Waals surface area contributed by atoms with Crippen molar-refractivity contribution in [1.29, 1.82) is 0 Å². The van der Waals surface area contributed by atoms with Gasteiger partial charge in [0.2, 0.25) is 5.91 Å². The van der Waals surface area contributed by atoms with Gasteiger partial charge >= 0.3 is 6.61 Å². The van der Waals surface area contributed by atoms with Crippen LogP contribution >= 0.6 is 11.3 Å². The van der Waals surface area contributed by atoms with Gasteiger partial charge in [0.05, 0.1) is 10.9 Å². The number of hydrogen-bond donors (Lipinski definition) is 2. The van der Waals surface area contributed by atoms with Gasteiger partial charge in [0.15, 0.2) is 0 Å². The van der Waals surface area contributed by atoms with Gasteiger partial charge in [0.25, 0.3) is 5.91 Å². The fourth-order valence-corrected chi connectivity index (χ4v) is 2.78. The molecule has 134 valence electrons. The van der Waals surface area contributed by atoms with Crippen LogP contribution in [-0.2, 0) is 4.79 Å². The van der Waals surface area contributed by atoms with E-state index in [-0.39, 0.29) is 36.6 Å². The highest BCUT2D eigenvalue weighted by Gasteiger charge is 2.12. The summed E-state index contributed by atoms with van der Waals surface area (Å²) in [6.45, 7) is -0.944. The molecule has 5 nitrogen and oxygen atoms in total. The average molecular weight is 368 g/mol. The molecule has 0 aliphatic heterocycles. The minimum atomic E-state index is -2.90. The zero-order valence-electron chi connectivity index (χ0n) is 13.5. The van der Waals surface area contributed by atoms with E-state index >= 15 is 0 Å². The van der Waals surface area contributed by atoms with E-state index in [1.165, 1.54) is 23.5 Å². The number of benzene rings is 1. The van der Waals surface area contributed by atoms with E-state index in [1.807, 2.05) is 0 Å². The molecule has 0 radical (unpaired) electrons. The monoisotopic (exact) mass is 368 g/mol. The number of thiophene rings is 1. The summed E-state index contributed by atoms with van der Waals surface area (Å²) in [7, 11) is 0. The number of halogens is 2. The van der Waals surface area contributed by atoms with Gasteiger partial charge in [-0.2, -0.15) is 8.78 Å². The summed E-state index contributed by atoms with van der Waals surface area (Å²) < 4.78 is 28.8. The molecule has 1 heterocycles. The van der Waals surface area contributed by atoms with E-state index in [2.05, 4.69) is 15.4 Å². The lowest BCUT2D eigenvalue weighted by Gasteiger charge is -2.15. The minimum Gasteiger partial charge on any atom is -0.435 e. The number of alkyl halides is 2. The van der Waals surface area contributed by atoms with Crippen molar-refractivity contribution < 1.29 is 23.1 Å². The molecule has 0 fully saturated rings. The summed E-state index contributed by atoms with van der Waals surface area (Å²) in [6, 6.07) is 9.27. The fourth-order valence-electron chi connectivity index (χ4n) is 2.14. The fraction of sp³-hybridized carbons (Fsp3) is 0.294. The zero-order chi connectivity index (χ0) is 18.2. The molecule has 1 aromatic heterocycles. The summed E-state index contributed by atoms with van der Waals surface area (Å²) in [5.41, 5.74) is 0.647. The predicted octanol–water partition coefficient (Wildman–Crippen LogP) is 3.35. The van der Waals surface area contributed by atoms with Crippen molar-refractivity contribution in [3.05, 3.63) is 52.2 Å². The largest absolute Gasteiger partial charge is 0.435 e. The van der Waals surface area contributed by atoms with Crippen molar-refractivity contribution in [1.82, 2.24) is 10.6 Å². The second-order valence-electron chi connectivity index (χ2n) is 5.22. The number of nitrogens with one attached hydrogen (secondary N) is 2. The molecule has 0 spiro atoms. The molecule has 0 aliphatic carbocycles. The Morgan fingerprint density at radius 2 is 2.04 bits per heavy atom.